The lowest BCUT2D eigenvalue weighted by molar-refractivity contribution is 0.0342. The molecule has 1 saturated heterocycles. The molecular weight excluding hydrogens is 637 g/mol. The van der Waals surface area contributed by atoms with Gasteiger partial charge in [-0.3, -0.25) is 10.2 Å². The number of nitrogens with zero attached hydrogens (tertiary/aromatic N) is 6. The largest absolute Gasteiger partial charge is 0.512 e. The van der Waals surface area contributed by atoms with E-state index in [4.69, 9.17) is 9.84 Å². The molecule has 49 heavy (non-hydrogen) atoms. The van der Waals surface area contributed by atoms with Crippen LogP contribution in [-0.2, 0) is 36.7 Å². The van der Waals surface area contributed by atoms with Gasteiger partial charge in [-0.2, -0.15) is 5.10 Å². The van der Waals surface area contributed by atoms with E-state index < -0.39 is 0 Å². The molecule has 0 radical (unpaired) electrons. The number of thioether (sulfide) groups is 1. The summed E-state index contributed by atoms with van der Waals surface area (Å²) >= 11 is 1.50. The first-order valence-corrected chi connectivity index (χ1v) is 17.3. The average molecular weight is 683 g/mol. The van der Waals surface area contributed by atoms with Crippen LogP contribution in [0, 0.1) is 0 Å². The van der Waals surface area contributed by atoms with Crippen molar-refractivity contribution in [2.24, 2.45) is 7.05 Å². The Hall–Kier alpha value is -4.65. The molecule has 3 heterocycles. The lowest BCUT2D eigenvalue weighted by Gasteiger charge is -2.26. The highest BCUT2D eigenvalue weighted by Crippen LogP contribution is 2.31. The summed E-state index contributed by atoms with van der Waals surface area (Å²) in [6, 6.07) is 17.9. The quantitative estimate of drug-likeness (QED) is 0.0757. The molecule has 0 unspecified atom stereocenters. The number of amides is 2. The van der Waals surface area contributed by atoms with Gasteiger partial charge in [0.15, 0.2) is 5.82 Å². The Labute approximate surface area is 292 Å². The molecule has 1 aliphatic rings. The van der Waals surface area contributed by atoms with Gasteiger partial charge in [0, 0.05) is 54.5 Å². The summed E-state index contributed by atoms with van der Waals surface area (Å²) in [6.45, 7) is 18.7. The van der Waals surface area contributed by atoms with E-state index in [0.717, 1.165) is 66.0 Å². The van der Waals surface area contributed by atoms with Gasteiger partial charge >= 0.3 is 6.03 Å². The van der Waals surface area contributed by atoms with Crippen molar-refractivity contribution >= 4 is 29.7 Å². The monoisotopic (exact) mass is 682 g/mol. The van der Waals surface area contributed by atoms with Gasteiger partial charge in [-0.15, -0.1) is 10.2 Å². The van der Waals surface area contributed by atoms with Gasteiger partial charge in [-0.1, -0.05) is 76.0 Å². The van der Waals surface area contributed by atoms with E-state index >= 15 is 0 Å². The zero-order chi connectivity index (χ0) is 35.0. The number of allylic oxidation sites excluding steroid dienone is 2. The van der Waals surface area contributed by atoms with Crippen LogP contribution in [0.1, 0.15) is 55.7 Å². The van der Waals surface area contributed by atoms with Crippen molar-refractivity contribution in [3.8, 4) is 5.69 Å². The Kier molecular flexibility index (Phi) is 11.8. The van der Waals surface area contributed by atoms with E-state index in [1.54, 1.807) is 4.57 Å². The number of carbonyl (C=O) groups excluding carboxylic acids is 1. The van der Waals surface area contributed by atoms with Crippen molar-refractivity contribution in [1.82, 2.24) is 34.8 Å². The molecular formula is C37H46N8O3S. The zero-order valence-electron chi connectivity index (χ0n) is 28.8. The number of nitrogens with one attached hydrogen (secondary N) is 2. The lowest BCUT2D eigenvalue weighted by Crippen LogP contribution is -2.35. The number of anilines is 1. The van der Waals surface area contributed by atoms with Gasteiger partial charge < -0.3 is 19.7 Å². The summed E-state index contributed by atoms with van der Waals surface area (Å²) in [6.07, 6.45) is 4.84. The minimum absolute atomic E-state index is 0.0330. The first-order valence-electron chi connectivity index (χ1n) is 16.4. The minimum atomic E-state index is -0.325. The van der Waals surface area contributed by atoms with E-state index in [1.165, 1.54) is 17.3 Å². The van der Waals surface area contributed by atoms with Crippen molar-refractivity contribution in [1.29, 1.82) is 0 Å². The fourth-order valence-corrected chi connectivity index (χ4v) is 6.10. The number of benzene rings is 2. The maximum atomic E-state index is 13.4. The summed E-state index contributed by atoms with van der Waals surface area (Å²) in [7, 11) is 1.84. The van der Waals surface area contributed by atoms with Crippen LogP contribution in [0.3, 0.4) is 0 Å². The number of aromatic nitrogens is 5. The van der Waals surface area contributed by atoms with Crippen molar-refractivity contribution in [2.45, 2.75) is 57.0 Å². The molecule has 0 atom stereocenters. The van der Waals surface area contributed by atoms with Crippen molar-refractivity contribution in [3.63, 3.8) is 0 Å². The first kappa shape index (κ1) is 35.7. The fourth-order valence-electron chi connectivity index (χ4n) is 5.27. The molecule has 2 aromatic carbocycles. The van der Waals surface area contributed by atoms with Crippen LogP contribution in [0.4, 0.5) is 10.6 Å². The second-order valence-corrected chi connectivity index (χ2v) is 13.9. The number of morpholine rings is 1. The van der Waals surface area contributed by atoms with Crippen LogP contribution >= 0.6 is 11.8 Å². The Balaban J connectivity index is 1.26. The molecule has 12 heteroatoms. The van der Waals surface area contributed by atoms with Gasteiger partial charge in [0.2, 0.25) is 0 Å². The fraction of sp³-hybridized carbons (Fsp3) is 0.351. The SMILES string of the molecule is C=C(O)Cc1nnc(/C=C\C(=C)Sc2ccccc2CNC(=O)Nc2cc(C(C)(C)CC)nn2-c2cccc(CN3CCOCC3)c2)n1C. The maximum Gasteiger partial charge on any atom is 0.320 e. The standard InChI is InChI=1S/C37H46N8O3S/c1-7-37(4,5)32-23-34(45(42-32)30-13-10-11-28(22-30)25-44-17-19-48-20-18-44)39-36(47)38-24-29-12-8-9-14-31(29)49-27(3)15-16-33-40-41-35(43(33)6)21-26(2)46/h8-16,22-23,46H,2-3,7,17-21,24-25H2,1,4-6H3,(H2,38,39,47)/b16-15-. The first-order chi connectivity index (χ1) is 23.5. The van der Waals surface area contributed by atoms with Crippen molar-refractivity contribution < 1.29 is 14.6 Å². The van der Waals surface area contributed by atoms with Gasteiger partial charge in [-0.05, 0) is 47.9 Å². The van der Waals surface area contributed by atoms with E-state index in [1.807, 2.05) is 66.3 Å². The highest BCUT2D eigenvalue weighted by Gasteiger charge is 2.25. The zero-order valence-corrected chi connectivity index (χ0v) is 29.6. The number of urea groups is 1. The predicted octanol–water partition coefficient (Wildman–Crippen LogP) is 6.78. The highest BCUT2D eigenvalue weighted by atomic mass is 32.2. The summed E-state index contributed by atoms with van der Waals surface area (Å²) < 4.78 is 9.14. The molecule has 0 aliphatic carbocycles. The molecule has 0 spiro atoms. The third kappa shape index (κ3) is 9.50. The van der Waals surface area contributed by atoms with Gasteiger partial charge in [0.05, 0.1) is 36.8 Å². The molecule has 3 N–H and O–H groups in total. The molecule has 1 aliphatic heterocycles. The van der Waals surface area contributed by atoms with Crippen molar-refractivity contribution in [2.75, 3.05) is 31.6 Å². The Bertz CT molecular complexity index is 1820. The van der Waals surface area contributed by atoms with Gasteiger partial charge in [-0.25, -0.2) is 9.48 Å². The Morgan fingerprint density at radius 2 is 1.88 bits per heavy atom. The van der Waals surface area contributed by atoms with Gasteiger partial charge in [0.1, 0.15) is 11.6 Å². The predicted molar refractivity (Wildman–Crippen MR) is 196 cm³/mol. The molecule has 5 rings (SSSR count). The normalized spacial score (nSPS) is 13.9. The van der Waals surface area contributed by atoms with Crippen LogP contribution < -0.4 is 10.6 Å². The molecule has 1 fully saturated rings. The molecule has 2 aromatic heterocycles. The van der Waals surface area contributed by atoms with Gasteiger partial charge in [0.25, 0.3) is 0 Å². The summed E-state index contributed by atoms with van der Waals surface area (Å²) in [5.41, 5.74) is 3.77. The molecule has 0 saturated carbocycles. The van der Waals surface area contributed by atoms with E-state index in [0.29, 0.717) is 24.0 Å². The number of ether oxygens (including phenoxy) is 1. The number of hydrogen-bond acceptors (Lipinski definition) is 8. The van der Waals surface area contributed by atoms with E-state index in [9.17, 15) is 9.90 Å². The molecule has 4 aromatic rings. The smallest absolute Gasteiger partial charge is 0.320 e. The second-order valence-electron chi connectivity index (χ2n) is 12.7. The summed E-state index contributed by atoms with van der Waals surface area (Å²) in [5.74, 6) is 1.89. The number of rotatable bonds is 14. The third-order valence-corrected chi connectivity index (χ3v) is 9.64. The lowest BCUT2D eigenvalue weighted by atomic mass is 9.87. The summed E-state index contributed by atoms with van der Waals surface area (Å²) in [5, 5.41) is 28.9. The number of carbonyl (C=O) groups is 1. The molecule has 258 valence electrons. The molecule has 11 nitrogen and oxygen atoms in total. The Morgan fingerprint density at radius 3 is 2.63 bits per heavy atom. The van der Waals surface area contributed by atoms with Crippen LogP contribution in [-0.4, -0.2) is 66.9 Å². The average Bonchev–Trinajstić information content (AvgIpc) is 3.67. The molecule has 0 bridgehead atoms. The van der Waals surface area contributed by atoms with E-state index in [2.05, 4.69) is 71.8 Å². The van der Waals surface area contributed by atoms with E-state index in [-0.39, 0.29) is 23.6 Å². The second kappa shape index (κ2) is 16.2. The summed E-state index contributed by atoms with van der Waals surface area (Å²) in [4.78, 5) is 17.5. The molecule has 2 amide bonds. The maximum absolute atomic E-state index is 13.4. The van der Waals surface area contributed by atoms with Crippen LogP contribution in [0.5, 0.6) is 0 Å². The Morgan fingerprint density at radius 1 is 1.10 bits per heavy atom. The van der Waals surface area contributed by atoms with Crippen LogP contribution in [0.25, 0.3) is 11.8 Å². The third-order valence-electron chi connectivity index (χ3n) is 8.63. The minimum Gasteiger partial charge on any atom is -0.512 e. The van der Waals surface area contributed by atoms with Crippen molar-refractivity contribution in [3.05, 3.63) is 113 Å². The van der Waals surface area contributed by atoms with Crippen LogP contribution in [0.2, 0.25) is 0 Å². The number of aliphatic hydroxyl groups excluding tert-OH is 1. The van der Waals surface area contributed by atoms with Crippen LogP contribution in [0.15, 0.2) is 89.4 Å². The topological polar surface area (TPSA) is 122 Å². The number of aliphatic hydroxyl groups is 1. The highest BCUT2D eigenvalue weighted by molar-refractivity contribution is 8.03. The number of hydrogen-bond donors (Lipinski definition) is 3.